The molecule has 0 amide bonds. The third-order valence-corrected chi connectivity index (χ3v) is 3.48. The van der Waals surface area contributed by atoms with E-state index in [-0.39, 0.29) is 6.10 Å². The van der Waals surface area contributed by atoms with Crippen molar-refractivity contribution in [3.05, 3.63) is 15.9 Å². The van der Waals surface area contributed by atoms with Crippen LogP contribution in [0.1, 0.15) is 31.2 Å². The molecular weight excluding hydrogens is 244 g/mol. The first kappa shape index (κ1) is 11.7. The van der Waals surface area contributed by atoms with Crippen molar-refractivity contribution < 1.29 is 5.11 Å². The SMILES string of the molecule is CCC(O)CCc1c(Br)c(C)nn1C. The van der Waals surface area contributed by atoms with E-state index in [4.69, 9.17) is 0 Å². The first-order chi connectivity index (χ1) is 6.56. The maximum atomic E-state index is 9.46. The van der Waals surface area contributed by atoms with E-state index in [1.807, 2.05) is 25.6 Å². The van der Waals surface area contributed by atoms with Gasteiger partial charge in [0.2, 0.25) is 0 Å². The fraction of sp³-hybridized carbons (Fsp3) is 0.700. The summed E-state index contributed by atoms with van der Waals surface area (Å²) in [4.78, 5) is 0. The first-order valence-electron chi connectivity index (χ1n) is 4.92. The Bertz CT molecular complexity index is 309. The summed E-state index contributed by atoms with van der Waals surface area (Å²) in [7, 11) is 1.94. The summed E-state index contributed by atoms with van der Waals surface area (Å²) < 4.78 is 2.95. The molecule has 0 saturated heterocycles. The molecule has 1 aromatic heterocycles. The Hall–Kier alpha value is -0.350. The van der Waals surface area contributed by atoms with Crippen LogP contribution in [0.2, 0.25) is 0 Å². The van der Waals surface area contributed by atoms with E-state index in [0.29, 0.717) is 0 Å². The molecule has 1 rings (SSSR count). The summed E-state index contributed by atoms with van der Waals surface area (Å²) >= 11 is 3.51. The van der Waals surface area contributed by atoms with Gasteiger partial charge in [-0.05, 0) is 42.1 Å². The summed E-state index contributed by atoms with van der Waals surface area (Å²) in [5.41, 5.74) is 2.17. The van der Waals surface area contributed by atoms with Gasteiger partial charge in [-0.15, -0.1) is 0 Å². The normalized spacial score (nSPS) is 13.2. The van der Waals surface area contributed by atoms with Crippen molar-refractivity contribution in [3.63, 3.8) is 0 Å². The quantitative estimate of drug-likeness (QED) is 0.902. The largest absolute Gasteiger partial charge is 0.393 e. The zero-order valence-electron chi connectivity index (χ0n) is 8.92. The lowest BCUT2D eigenvalue weighted by Gasteiger charge is -2.07. The predicted octanol–water partition coefficient (Wildman–Crippen LogP) is 2.19. The number of hydrogen-bond acceptors (Lipinski definition) is 2. The zero-order valence-corrected chi connectivity index (χ0v) is 10.5. The maximum absolute atomic E-state index is 9.46. The Morgan fingerprint density at radius 1 is 1.57 bits per heavy atom. The van der Waals surface area contributed by atoms with Gasteiger partial charge in [-0.25, -0.2) is 0 Å². The molecule has 14 heavy (non-hydrogen) atoms. The van der Waals surface area contributed by atoms with Gasteiger partial charge in [-0.3, -0.25) is 4.68 Å². The Kier molecular flexibility index (Phi) is 4.13. The molecule has 0 aliphatic heterocycles. The average molecular weight is 261 g/mol. The summed E-state index contributed by atoms with van der Waals surface area (Å²) in [6, 6.07) is 0. The molecule has 1 N–H and O–H groups in total. The van der Waals surface area contributed by atoms with E-state index < -0.39 is 0 Å². The predicted molar refractivity (Wildman–Crippen MR) is 60.3 cm³/mol. The number of nitrogens with zero attached hydrogens (tertiary/aromatic N) is 2. The lowest BCUT2D eigenvalue weighted by Crippen LogP contribution is -2.08. The molecule has 1 aromatic rings. The number of halogens is 1. The molecule has 1 unspecified atom stereocenters. The van der Waals surface area contributed by atoms with E-state index in [2.05, 4.69) is 21.0 Å². The van der Waals surface area contributed by atoms with Crippen LogP contribution in [0.15, 0.2) is 4.47 Å². The van der Waals surface area contributed by atoms with Gasteiger partial charge in [-0.1, -0.05) is 6.92 Å². The third-order valence-electron chi connectivity index (χ3n) is 2.45. The lowest BCUT2D eigenvalue weighted by molar-refractivity contribution is 0.160. The standard InChI is InChI=1S/C10H17BrN2O/c1-4-8(14)5-6-9-10(11)7(2)12-13(9)3/h8,14H,4-6H2,1-3H3. The topological polar surface area (TPSA) is 38.1 Å². The minimum Gasteiger partial charge on any atom is -0.393 e. The first-order valence-corrected chi connectivity index (χ1v) is 5.71. The summed E-state index contributed by atoms with van der Waals surface area (Å²) in [6.07, 6.45) is 2.28. The number of hydrogen-bond donors (Lipinski definition) is 1. The highest BCUT2D eigenvalue weighted by atomic mass is 79.9. The molecule has 0 aliphatic carbocycles. The molecule has 0 saturated carbocycles. The second-order valence-electron chi connectivity index (χ2n) is 3.57. The minimum absolute atomic E-state index is 0.197. The van der Waals surface area contributed by atoms with Crippen LogP contribution in [0.4, 0.5) is 0 Å². The fourth-order valence-electron chi connectivity index (χ4n) is 1.46. The highest BCUT2D eigenvalue weighted by Crippen LogP contribution is 2.21. The van der Waals surface area contributed by atoms with Crippen molar-refractivity contribution in [1.29, 1.82) is 0 Å². The highest BCUT2D eigenvalue weighted by molar-refractivity contribution is 9.10. The smallest absolute Gasteiger partial charge is 0.0738 e. The lowest BCUT2D eigenvalue weighted by atomic mass is 10.1. The zero-order chi connectivity index (χ0) is 10.7. The molecule has 0 fully saturated rings. The van der Waals surface area contributed by atoms with Crippen LogP contribution in [0.5, 0.6) is 0 Å². The molecule has 0 spiro atoms. The van der Waals surface area contributed by atoms with Gasteiger partial charge in [0, 0.05) is 7.05 Å². The molecular formula is C10H17BrN2O. The molecule has 4 heteroatoms. The van der Waals surface area contributed by atoms with Gasteiger partial charge in [0.05, 0.1) is 22.0 Å². The maximum Gasteiger partial charge on any atom is 0.0738 e. The van der Waals surface area contributed by atoms with Crippen molar-refractivity contribution in [2.45, 2.75) is 39.2 Å². The highest BCUT2D eigenvalue weighted by Gasteiger charge is 2.11. The van der Waals surface area contributed by atoms with Crippen molar-refractivity contribution in [2.75, 3.05) is 0 Å². The Balaban J connectivity index is 2.67. The van der Waals surface area contributed by atoms with E-state index in [1.165, 1.54) is 0 Å². The molecule has 0 aromatic carbocycles. The van der Waals surface area contributed by atoms with Crippen LogP contribution in [0, 0.1) is 6.92 Å². The number of aryl methyl sites for hydroxylation is 2. The van der Waals surface area contributed by atoms with Crippen LogP contribution in [-0.4, -0.2) is 21.0 Å². The van der Waals surface area contributed by atoms with E-state index in [1.54, 1.807) is 0 Å². The van der Waals surface area contributed by atoms with Gasteiger partial charge in [0.15, 0.2) is 0 Å². The van der Waals surface area contributed by atoms with Crippen LogP contribution in [0.25, 0.3) is 0 Å². The molecule has 0 bridgehead atoms. The van der Waals surface area contributed by atoms with Gasteiger partial charge in [-0.2, -0.15) is 5.10 Å². The van der Waals surface area contributed by atoms with Crippen LogP contribution >= 0.6 is 15.9 Å². The van der Waals surface area contributed by atoms with E-state index in [9.17, 15) is 5.11 Å². The van der Waals surface area contributed by atoms with Gasteiger partial charge >= 0.3 is 0 Å². The molecule has 1 heterocycles. The Morgan fingerprint density at radius 3 is 2.64 bits per heavy atom. The summed E-state index contributed by atoms with van der Waals surface area (Å²) in [6.45, 7) is 3.97. The second kappa shape index (κ2) is 4.94. The monoisotopic (exact) mass is 260 g/mol. The Labute approximate surface area is 93.3 Å². The van der Waals surface area contributed by atoms with Gasteiger partial charge in [0.1, 0.15) is 0 Å². The summed E-state index contributed by atoms with van der Waals surface area (Å²) in [5, 5.41) is 13.8. The third kappa shape index (κ3) is 2.58. The molecule has 3 nitrogen and oxygen atoms in total. The summed E-state index contributed by atoms with van der Waals surface area (Å²) in [5.74, 6) is 0. The molecule has 80 valence electrons. The molecule has 0 radical (unpaired) electrons. The number of aliphatic hydroxyl groups excluding tert-OH is 1. The Morgan fingerprint density at radius 2 is 2.21 bits per heavy atom. The van der Waals surface area contributed by atoms with Crippen molar-refractivity contribution in [2.24, 2.45) is 7.05 Å². The number of aromatic nitrogens is 2. The van der Waals surface area contributed by atoms with Gasteiger partial charge < -0.3 is 5.11 Å². The van der Waals surface area contributed by atoms with Crippen molar-refractivity contribution >= 4 is 15.9 Å². The minimum atomic E-state index is -0.197. The van der Waals surface area contributed by atoms with Gasteiger partial charge in [0.25, 0.3) is 0 Å². The van der Waals surface area contributed by atoms with Crippen molar-refractivity contribution in [3.8, 4) is 0 Å². The fourth-order valence-corrected chi connectivity index (χ4v) is 1.99. The van der Waals surface area contributed by atoms with E-state index >= 15 is 0 Å². The van der Waals surface area contributed by atoms with Crippen molar-refractivity contribution in [1.82, 2.24) is 9.78 Å². The number of aliphatic hydroxyl groups is 1. The van der Waals surface area contributed by atoms with E-state index in [0.717, 1.165) is 35.1 Å². The average Bonchev–Trinajstić information content (AvgIpc) is 2.39. The molecule has 0 aliphatic rings. The molecule has 1 atom stereocenters. The van der Waals surface area contributed by atoms with Crippen LogP contribution in [0.3, 0.4) is 0 Å². The number of rotatable bonds is 4. The van der Waals surface area contributed by atoms with Crippen LogP contribution < -0.4 is 0 Å². The van der Waals surface area contributed by atoms with Crippen LogP contribution in [-0.2, 0) is 13.5 Å². The second-order valence-corrected chi connectivity index (χ2v) is 4.36.